The summed E-state index contributed by atoms with van der Waals surface area (Å²) in [6.45, 7) is 1.07. The SMILES string of the molecule is CCC(CC1C(=O)NC(=O)NC1=O)C(=O)c1ccc(OCC(=O)O)c(Cl)c1Cl. The van der Waals surface area contributed by atoms with Gasteiger partial charge in [0.1, 0.15) is 16.7 Å². The van der Waals surface area contributed by atoms with Gasteiger partial charge in [-0.15, -0.1) is 0 Å². The second-order valence-corrected chi connectivity index (χ2v) is 6.74. The van der Waals surface area contributed by atoms with E-state index < -0.39 is 48.0 Å². The molecule has 0 radical (unpaired) electrons. The smallest absolute Gasteiger partial charge is 0.341 e. The maximum atomic E-state index is 12.9. The molecule has 0 saturated carbocycles. The number of aliphatic carboxylic acids is 1. The predicted molar refractivity (Wildman–Crippen MR) is 97.5 cm³/mol. The van der Waals surface area contributed by atoms with Crippen LogP contribution >= 0.6 is 23.2 Å². The molecule has 1 aromatic rings. The molecule has 0 aliphatic carbocycles. The lowest BCUT2D eigenvalue weighted by atomic mass is 9.85. The van der Waals surface area contributed by atoms with Crippen molar-refractivity contribution < 1.29 is 33.8 Å². The van der Waals surface area contributed by atoms with Crippen LogP contribution in [0.5, 0.6) is 5.75 Å². The first kappa shape index (κ1) is 21.6. The normalized spacial score (nSPS) is 15.6. The largest absolute Gasteiger partial charge is 0.480 e. The van der Waals surface area contributed by atoms with Gasteiger partial charge in [0.05, 0.1) is 5.02 Å². The minimum Gasteiger partial charge on any atom is -0.480 e. The first-order chi connectivity index (χ1) is 13.1. The molecule has 28 heavy (non-hydrogen) atoms. The van der Waals surface area contributed by atoms with E-state index in [4.69, 9.17) is 33.0 Å². The van der Waals surface area contributed by atoms with Gasteiger partial charge >= 0.3 is 12.0 Å². The number of carbonyl (C=O) groups excluding carboxylic acids is 4. The molecule has 1 unspecified atom stereocenters. The van der Waals surface area contributed by atoms with Gasteiger partial charge in [-0.25, -0.2) is 9.59 Å². The Kier molecular flexibility index (Phi) is 6.98. The van der Waals surface area contributed by atoms with E-state index in [-0.39, 0.29) is 27.8 Å². The molecule has 1 aliphatic rings. The molecule has 4 amide bonds. The third kappa shape index (κ3) is 4.79. The molecule has 0 spiro atoms. The van der Waals surface area contributed by atoms with E-state index in [1.807, 2.05) is 10.6 Å². The second-order valence-electron chi connectivity index (χ2n) is 5.99. The summed E-state index contributed by atoms with van der Waals surface area (Å²) in [4.78, 5) is 58.4. The van der Waals surface area contributed by atoms with E-state index in [1.54, 1.807) is 6.92 Å². The van der Waals surface area contributed by atoms with Crippen molar-refractivity contribution in [2.75, 3.05) is 6.61 Å². The lowest BCUT2D eigenvalue weighted by Gasteiger charge is -2.24. The summed E-state index contributed by atoms with van der Waals surface area (Å²) in [7, 11) is 0. The van der Waals surface area contributed by atoms with Crippen molar-refractivity contribution in [1.29, 1.82) is 0 Å². The Morgan fingerprint density at radius 3 is 2.29 bits per heavy atom. The van der Waals surface area contributed by atoms with Gasteiger partial charge < -0.3 is 9.84 Å². The van der Waals surface area contributed by atoms with Crippen LogP contribution in [0.2, 0.25) is 10.0 Å². The van der Waals surface area contributed by atoms with E-state index >= 15 is 0 Å². The highest BCUT2D eigenvalue weighted by atomic mass is 35.5. The van der Waals surface area contributed by atoms with Gasteiger partial charge in [0.15, 0.2) is 12.4 Å². The number of hydrogen-bond donors (Lipinski definition) is 3. The van der Waals surface area contributed by atoms with Crippen LogP contribution in [0.15, 0.2) is 12.1 Å². The number of urea groups is 1. The first-order valence-corrected chi connectivity index (χ1v) is 8.93. The van der Waals surface area contributed by atoms with Crippen molar-refractivity contribution in [2.24, 2.45) is 11.8 Å². The second kappa shape index (κ2) is 9.03. The molecule has 1 atom stereocenters. The van der Waals surface area contributed by atoms with Crippen molar-refractivity contribution in [3.05, 3.63) is 27.7 Å². The number of rotatable bonds is 8. The van der Waals surface area contributed by atoms with Crippen molar-refractivity contribution in [2.45, 2.75) is 19.8 Å². The Balaban J connectivity index is 2.21. The van der Waals surface area contributed by atoms with E-state index in [9.17, 15) is 24.0 Å². The highest BCUT2D eigenvalue weighted by Crippen LogP contribution is 2.36. The highest BCUT2D eigenvalue weighted by molar-refractivity contribution is 6.44. The molecule has 1 aliphatic heterocycles. The van der Waals surface area contributed by atoms with Crippen molar-refractivity contribution in [3.8, 4) is 5.75 Å². The fourth-order valence-electron chi connectivity index (χ4n) is 2.70. The molecule has 1 saturated heterocycles. The Morgan fingerprint density at radius 2 is 1.75 bits per heavy atom. The standard InChI is InChI=1S/C17H16Cl2N2O7/c1-2-7(5-9-15(25)20-17(27)21-16(9)26)14(24)8-3-4-10(13(19)12(8)18)28-6-11(22)23/h3-4,7,9H,2,5-6H2,1H3,(H,22,23)(H2,20,21,25,26,27). The number of carbonyl (C=O) groups is 5. The van der Waals surface area contributed by atoms with Crippen molar-refractivity contribution >= 4 is 52.8 Å². The van der Waals surface area contributed by atoms with Crippen LogP contribution in [-0.4, -0.2) is 41.3 Å². The zero-order valence-electron chi connectivity index (χ0n) is 14.6. The number of Topliss-reactive ketones (excluding diaryl/α,β-unsaturated/α-hetero) is 1. The van der Waals surface area contributed by atoms with Crippen LogP contribution in [0.4, 0.5) is 4.79 Å². The maximum Gasteiger partial charge on any atom is 0.341 e. The van der Waals surface area contributed by atoms with E-state index in [0.717, 1.165) is 0 Å². The number of carboxylic acids is 1. The van der Waals surface area contributed by atoms with Gasteiger partial charge in [0, 0.05) is 11.5 Å². The molecule has 1 fully saturated rings. The zero-order valence-corrected chi connectivity index (χ0v) is 16.1. The number of barbiturate groups is 1. The molecular weight excluding hydrogens is 415 g/mol. The lowest BCUT2D eigenvalue weighted by Crippen LogP contribution is -2.56. The number of ketones is 1. The Bertz CT molecular complexity index is 836. The maximum absolute atomic E-state index is 12.9. The molecule has 3 N–H and O–H groups in total. The highest BCUT2D eigenvalue weighted by Gasteiger charge is 2.37. The Morgan fingerprint density at radius 1 is 1.14 bits per heavy atom. The minimum absolute atomic E-state index is 0.00298. The van der Waals surface area contributed by atoms with Gasteiger partial charge in [-0.3, -0.25) is 25.0 Å². The summed E-state index contributed by atoms with van der Waals surface area (Å²) in [6, 6.07) is 1.74. The molecule has 0 bridgehead atoms. The summed E-state index contributed by atoms with van der Waals surface area (Å²) in [5, 5.41) is 12.4. The van der Waals surface area contributed by atoms with E-state index in [1.165, 1.54) is 12.1 Å². The van der Waals surface area contributed by atoms with Gasteiger partial charge in [-0.2, -0.15) is 0 Å². The zero-order chi connectivity index (χ0) is 21.0. The Labute approximate surface area is 169 Å². The van der Waals surface area contributed by atoms with Crippen LogP contribution in [0.25, 0.3) is 0 Å². The number of halogens is 2. The average Bonchev–Trinajstić information content (AvgIpc) is 2.62. The van der Waals surface area contributed by atoms with E-state index in [0.29, 0.717) is 6.42 Å². The molecule has 2 rings (SSSR count). The number of carboxylic acid groups (broad SMARTS) is 1. The molecular formula is C17H16Cl2N2O7. The molecule has 1 heterocycles. The number of benzene rings is 1. The lowest BCUT2D eigenvalue weighted by molar-refractivity contribution is -0.139. The quantitative estimate of drug-likeness (QED) is 0.423. The topological polar surface area (TPSA) is 139 Å². The molecule has 1 aromatic carbocycles. The number of ether oxygens (including phenoxy) is 1. The third-order valence-corrected chi connectivity index (χ3v) is 5.02. The number of nitrogens with one attached hydrogen (secondary N) is 2. The van der Waals surface area contributed by atoms with Crippen LogP contribution in [0.3, 0.4) is 0 Å². The van der Waals surface area contributed by atoms with Crippen LogP contribution in [-0.2, 0) is 14.4 Å². The molecule has 150 valence electrons. The monoisotopic (exact) mass is 430 g/mol. The third-order valence-electron chi connectivity index (χ3n) is 4.15. The summed E-state index contributed by atoms with van der Waals surface area (Å²) >= 11 is 12.2. The number of amides is 4. The molecule has 11 heteroatoms. The van der Waals surface area contributed by atoms with E-state index in [2.05, 4.69) is 0 Å². The fraction of sp³-hybridized carbons (Fsp3) is 0.353. The Hall–Kier alpha value is -2.65. The molecule has 9 nitrogen and oxygen atoms in total. The number of hydrogen-bond acceptors (Lipinski definition) is 6. The van der Waals surface area contributed by atoms with Crippen molar-refractivity contribution in [1.82, 2.24) is 10.6 Å². The summed E-state index contributed by atoms with van der Waals surface area (Å²) < 4.78 is 5.00. The minimum atomic E-state index is -1.21. The van der Waals surface area contributed by atoms with Crippen molar-refractivity contribution in [3.63, 3.8) is 0 Å². The number of imide groups is 2. The average molecular weight is 431 g/mol. The van der Waals surface area contributed by atoms with Crippen LogP contribution in [0.1, 0.15) is 30.1 Å². The van der Waals surface area contributed by atoms with Crippen LogP contribution < -0.4 is 15.4 Å². The summed E-state index contributed by atoms with van der Waals surface area (Å²) in [5.41, 5.74) is 0.0499. The van der Waals surface area contributed by atoms with Gasteiger partial charge in [0.25, 0.3) is 0 Å². The molecule has 0 aromatic heterocycles. The predicted octanol–water partition coefficient (Wildman–Crippen LogP) is 2.04. The van der Waals surface area contributed by atoms with Crippen LogP contribution in [0, 0.1) is 11.8 Å². The first-order valence-electron chi connectivity index (χ1n) is 8.18. The fourth-order valence-corrected chi connectivity index (χ4v) is 3.17. The summed E-state index contributed by atoms with van der Waals surface area (Å²) in [6.07, 6.45) is 0.181. The van der Waals surface area contributed by atoms with Gasteiger partial charge in [-0.05, 0) is 25.0 Å². The summed E-state index contributed by atoms with van der Waals surface area (Å²) in [5.74, 6) is -5.14. The van der Waals surface area contributed by atoms with Gasteiger partial charge in [0.2, 0.25) is 11.8 Å². The van der Waals surface area contributed by atoms with Gasteiger partial charge in [-0.1, -0.05) is 30.1 Å².